The van der Waals surface area contributed by atoms with Crippen LogP contribution in [-0.4, -0.2) is 45.8 Å². The Bertz CT molecular complexity index is 563. The average Bonchev–Trinajstić information content (AvgIpc) is 2.53. The van der Waals surface area contributed by atoms with Crippen molar-refractivity contribution in [1.29, 1.82) is 0 Å². The monoisotopic (exact) mass is 369 g/mol. The maximum atomic E-state index is 12.4. The van der Waals surface area contributed by atoms with Crippen LogP contribution in [0.25, 0.3) is 0 Å². The molecule has 0 aliphatic carbocycles. The molecule has 0 N–H and O–H groups in total. The molecule has 140 valence electrons. The molecule has 1 unspecified atom stereocenters. The summed E-state index contributed by atoms with van der Waals surface area (Å²) in [6, 6.07) is 2.03. The van der Waals surface area contributed by atoms with Gasteiger partial charge in [-0.1, -0.05) is 0 Å². The molecule has 0 spiro atoms. The predicted octanol–water partition coefficient (Wildman–Crippen LogP) is 4.22. The van der Waals surface area contributed by atoms with Crippen molar-refractivity contribution in [2.75, 3.05) is 13.2 Å². The summed E-state index contributed by atoms with van der Waals surface area (Å²) in [4.78, 5) is 22.2. The van der Waals surface area contributed by atoms with Gasteiger partial charge in [0.1, 0.15) is 5.60 Å². The molecular weight excluding hydrogens is 342 g/mol. The molecule has 2 rings (SSSR count). The van der Waals surface area contributed by atoms with Gasteiger partial charge in [-0.05, 0) is 70.5 Å². The zero-order valence-electron chi connectivity index (χ0n) is 15.3. The largest absolute Gasteiger partial charge is 0.444 e. The third kappa shape index (κ3) is 7.16. The second-order valence-electron chi connectivity index (χ2n) is 7.34. The highest BCUT2D eigenvalue weighted by molar-refractivity contribution is 6.28. The van der Waals surface area contributed by atoms with Crippen LogP contribution in [0.5, 0.6) is 0 Å². The van der Waals surface area contributed by atoms with E-state index < -0.39 is 5.60 Å². The average molecular weight is 370 g/mol. The van der Waals surface area contributed by atoms with Gasteiger partial charge in [-0.2, -0.15) is 0 Å². The van der Waals surface area contributed by atoms with E-state index in [1.807, 2.05) is 25.7 Å². The van der Waals surface area contributed by atoms with Crippen molar-refractivity contribution in [1.82, 2.24) is 14.9 Å². The molecule has 2 heterocycles. The van der Waals surface area contributed by atoms with E-state index in [2.05, 4.69) is 9.97 Å². The Morgan fingerprint density at radius 2 is 2.20 bits per heavy atom. The fraction of sp³-hybridized carbons (Fsp3) is 0.722. The lowest BCUT2D eigenvalue weighted by molar-refractivity contribution is 0.00724. The van der Waals surface area contributed by atoms with E-state index in [0.29, 0.717) is 13.2 Å². The number of hydrogen-bond donors (Lipinski definition) is 0. The summed E-state index contributed by atoms with van der Waals surface area (Å²) in [5.41, 5.74) is 0.314. The number of piperidine rings is 1. The van der Waals surface area contributed by atoms with Crippen molar-refractivity contribution in [2.45, 2.75) is 71.1 Å². The Kier molecular flexibility index (Phi) is 7.44. The molecule has 0 radical (unpaired) electrons. The Morgan fingerprint density at radius 1 is 1.40 bits per heavy atom. The van der Waals surface area contributed by atoms with Crippen LogP contribution in [0.2, 0.25) is 5.28 Å². The van der Waals surface area contributed by atoms with Gasteiger partial charge in [-0.15, -0.1) is 0 Å². The lowest BCUT2D eigenvalue weighted by Crippen LogP contribution is -2.46. The van der Waals surface area contributed by atoms with Gasteiger partial charge < -0.3 is 14.4 Å². The highest BCUT2D eigenvalue weighted by Gasteiger charge is 2.29. The summed E-state index contributed by atoms with van der Waals surface area (Å²) >= 11 is 5.75. The van der Waals surface area contributed by atoms with Crippen molar-refractivity contribution in [3.63, 3.8) is 0 Å². The highest BCUT2D eigenvalue weighted by atomic mass is 35.5. The van der Waals surface area contributed by atoms with E-state index in [-0.39, 0.29) is 17.4 Å². The van der Waals surface area contributed by atoms with Gasteiger partial charge in [0.2, 0.25) is 5.28 Å². The molecule has 0 bridgehead atoms. The number of halogens is 1. The van der Waals surface area contributed by atoms with E-state index >= 15 is 0 Å². The SMILES string of the molecule is CC(C)(C)OC(=O)N1CCCCC1CCCOCc1ccnc(Cl)n1. The summed E-state index contributed by atoms with van der Waals surface area (Å²) in [6.45, 7) is 7.52. The fourth-order valence-corrected chi connectivity index (χ4v) is 3.07. The number of ether oxygens (including phenoxy) is 2. The predicted molar refractivity (Wildman–Crippen MR) is 96.5 cm³/mol. The number of hydrogen-bond acceptors (Lipinski definition) is 5. The minimum Gasteiger partial charge on any atom is -0.444 e. The highest BCUT2D eigenvalue weighted by Crippen LogP contribution is 2.23. The molecule has 1 aromatic heterocycles. The lowest BCUT2D eigenvalue weighted by atomic mass is 9.98. The number of carbonyl (C=O) groups is 1. The number of carbonyl (C=O) groups excluding carboxylic acids is 1. The summed E-state index contributed by atoms with van der Waals surface area (Å²) < 4.78 is 11.2. The van der Waals surface area contributed by atoms with Gasteiger partial charge in [-0.25, -0.2) is 14.8 Å². The molecule has 1 amide bonds. The number of rotatable bonds is 6. The third-order valence-corrected chi connectivity index (χ3v) is 4.20. The molecule has 1 aliphatic heterocycles. The second-order valence-corrected chi connectivity index (χ2v) is 7.67. The first-order valence-electron chi connectivity index (χ1n) is 8.90. The summed E-state index contributed by atoms with van der Waals surface area (Å²) in [6.07, 6.45) is 6.46. The van der Waals surface area contributed by atoms with E-state index in [4.69, 9.17) is 21.1 Å². The first-order chi connectivity index (χ1) is 11.8. The molecule has 6 nitrogen and oxygen atoms in total. The van der Waals surface area contributed by atoms with Crippen LogP contribution in [0, 0.1) is 0 Å². The summed E-state index contributed by atoms with van der Waals surface area (Å²) in [5.74, 6) is 0. The summed E-state index contributed by atoms with van der Waals surface area (Å²) in [5, 5.41) is 0.233. The van der Waals surface area contributed by atoms with Crippen LogP contribution in [0.4, 0.5) is 4.79 Å². The van der Waals surface area contributed by atoms with Gasteiger partial charge in [-0.3, -0.25) is 0 Å². The van der Waals surface area contributed by atoms with Gasteiger partial charge >= 0.3 is 6.09 Å². The van der Waals surface area contributed by atoms with Crippen molar-refractivity contribution in [3.05, 3.63) is 23.2 Å². The molecule has 1 fully saturated rings. The first kappa shape index (κ1) is 19.9. The van der Waals surface area contributed by atoms with Crippen molar-refractivity contribution >= 4 is 17.7 Å². The topological polar surface area (TPSA) is 64.5 Å². The van der Waals surface area contributed by atoms with Crippen molar-refractivity contribution < 1.29 is 14.3 Å². The van der Waals surface area contributed by atoms with E-state index in [1.54, 1.807) is 12.3 Å². The Morgan fingerprint density at radius 3 is 2.92 bits per heavy atom. The maximum Gasteiger partial charge on any atom is 0.410 e. The Balaban J connectivity index is 1.73. The zero-order chi connectivity index (χ0) is 18.3. The standard InChI is InChI=1S/C18H28ClN3O3/c1-18(2,3)25-17(23)22-11-5-4-7-15(22)8-6-12-24-13-14-9-10-20-16(19)21-14/h9-10,15H,4-8,11-13H2,1-3H3. The number of likely N-dealkylation sites (tertiary alicyclic amines) is 1. The van der Waals surface area contributed by atoms with Crippen LogP contribution in [0.3, 0.4) is 0 Å². The number of amides is 1. The minimum absolute atomic E-state index is 0.200. The van der Waals surface area contributed by atoms with Gasteiger partial charge in [0.15, 0.2) is 0 Å². The van der Waals surface area contributed by atoms with Gasteiger partial charge in [0, 0.05) is 25.4 Å². The second kappa shape index (κ2) is 9.34. The van der Waals surface area contributed by atoms with Gasteiger partial charge in [0.25, 0.3) is 0 Å². The molecule has 0 aromatic carbocycles. The van der Waals surface area contributed by atoms with Crippen LogP contribution >= 0.6 is 11.6 Å². The van der Waals surface area contributed by atoms with Crippen molar-refractivity contribution in [3.8, 4) is 0 Å². The van der Waals surface area contributed by atoms with E-state index in [0.717, 1.165) is 44.3 Å². The normalized spacial score (nSPS) is 18.2. The molecular formula is C18H28ClN3O3. The number of aromatic nitrogens is 2. The summed E-state index contributed by atoms with van der Waals surface area (Å²) in [7, 11) is 0. The Labute approximate surface area is 154 Å². The van der Waals surface area contributed by atoms with Gasteiger partial charge in [0.05, 0.1) is 12.3 Å². The molecule has 0 saturated carbocycles. The van der Waals surface area contributed by atoms with E-state index in [9.17, 15) is 4.79 Å². The molecule has 1 aliphatic rings. The molecule has 1 atom stereocenters. The van der Waals surface area contributed by atoms with Crippen LogP contribution < -0.4 is 0 Å². The molecule has 1 aromatic rings. The third-order valence-electron chi connectivity index (χ3n) is 4.01. The maximum absolute atomic E-state index is 12.4. The zero-order valence-corrected chi connectivity index (χ0v) is 16.1. The molecule has 1 saturated heterocycles. The quantitative estimate of drug-likeness (QED) is 0.555. The fourth-order valence-electron chi connectivity index (χ4n) is 2.91. The number of nitrogens with zero attached hydrogens (tertiary/aromatic N) is 3. The van der Waals surface area contributed by atoms with Crippen LogP contribution in [0.15, 0.2) is 12.3 Å². The van der Waals surface area contributed by atoms with Crippen molar-refractivity contribution in [2.24, 2.45) is 0 Å². The van der Waals surface area contributed by atoms with E-state index in [1.165, 1.54) is 0 Å². The minimum atomic E-state index is -0.457. The Hall–Kier alpha value is -1.40. The molecule has 25 heavy (non-hydrogen) atoms. The lowest BCUT2D eigenvalue weighted by Gasteiger charge is -2.36. The smallest absolute Gasteiger partial charge is 0.410 e. The molecule has 7 heteroatoms. The van der Waals surface area contributed by atoms with Crippen LogP contribution in [-0.2, 0) is 16.1 Å². The first-order valence-corrected chi connectivity index (χ1v) is 9.28. The van der Waals surface area contributed by atoms with Crippen LogP contribution in [0.1, 0.15) is 58.6 Å².